The maximum atomic E-state index is 5.28. The Bertz CT molecular complexity index is 1050. The van der Waals surface area contributed by atoms with Crippen molar-refractivity contribution in [2.24, 2.45) is 13.0 Å². The van der Waals surface area contributed by atoms with Crippen molar-refractivity contribution in [2.75, 3.05) is 31.7 Å². The second kappa shape index (κ2) is 7.64. The molecule has 3 aliphatic rings. The second-order valence-corrected chi connectivity index (χ2v) is 9.69. The maximum Gasteiger partial charge on any atom is 0.0886 e. The molecule has 1 aliphatic carbocycles. The minimum Gasteiger partial charge on any atom is -0.385 e. The zero-order valence-electron chi connectivity index (χ0n) is 18.5. The van der Waals surface area contributed by atoms with Crippen LogP contribution in [0.3, 0.4) is 0 Å². The van der Waals surface area contributed by atoms with E-state index in [-0.39, 0.29) is 0 Å². The molecule has 0 N–H and O–H groups in total. The van der Waals surface area contributed by atoms with Gasteiger partial charge in [0, 0.05) is 81.7 Å². The van der Waals surface area contributed by atoms with Crippen molar-refractivity contribution in [1.29, 1.82) is 0 Å². The van der Waals surface area contributed by atoms with E-state index in [0.29, 0.717) is 12.1 Å². The van der Waals surface area contributed by atoms with Gasteiger partial charge >= 0.3 is 0 Å². The van der Waals surface area contributed by atoms with Gasteiger partial charge in [-0.3, -0.25) is 9.58 Å². The number of aryl methyl sites for hydroxylation is 1. The lowest BCUT2D eigenvalue weighted by atomic mass is 9.76. The van der Waals surface area contributed by atoms with Gasteiger partial charge in [0.25, 0.3) is 0 Å². The van der Waals surface area contributed by atoms with Gasteiger partial charge in [0.1, 0.15) is 0 Å². The standard InChI is InChI=1S/C24H32N6O/c1-27-13-19(12-26-27)18-11-24-23(5-7-25-29(24)14-18)28-15-20-3-4-21(16-28)30(20)22-9-17(10-22)6-8-31-2/h5,7,11-14,17,20-22H,3-4,6,8-10,15-16H2,1-2H3. The molecule has 0 spiro atoms. The summed E-state index contributed by atoms with van der Waals surface area (Å²) in [5, 5.41) is 8.91. The predicted octanol–water partition coefficient (Wildman–Crippen LogP) is 3.20. The number of nitrogens with zero attached hydrogens (tertiary/aromatic N) is 6. The van der Waals surface area contributed by atoms with Gasteiger partial charge in [-0.15, -0.1) is 0 Å². The third kappa shape index (κ3) is 3.34. The van der Waals surface area contributed by atoms with E-state index in [9.17, 15) is 0 Å². The molecule has 2 atom stereocenters. The molecule has 7 heteroatoms. The first kappa shape index (κ1) is 19.3. The summed E-state index contributed by atoms with van der Waals surface area (Å²) in [6, 6.07) is 6.63. The first-order valence-corrected chi connectivity index (χ1v) is 11.7. The van der Waals surface area contributed by atoms with Crippen LogP contribution in [-0.4, -0.2) is 69.2 Å². The van der Waals surface area contributed by atoms with Crippen LogP contribution in [0.2, 0.25) is 0 Å². The molecule has 6 rings (SSSR count). The van der Waals surface area contributed by atoms with Gasteiger partial charge in [-0.05, 0) is 50.2 Å². The summed E-state index contributed by atoms with van der Waals surface area (Å²) < 4.78 is 9.16. The number of hydrogen-bond donors (Lipinski definition) is 0. The van der Waals surface area contributed by atoms with E-state index in [2.05, 4.69) is 44.5 Å². The lowest BCUT2D eigenvalue weighted by Crippen LogP contribution is -2.60. The number of fused-ring (bicyclic) bond motifs is 3. The molecule has 0 amide bonds. The normalized spacial score (nSPS) is 28.4. The van der Waals surface area contributed by atoms with Crippen molar-refractivity contribution in [1.82, 2.24) is 24.3 Å². The highest BCUT2D eigenvalue weighted by Gasteiger charge is 2.47. The molecule has 7 nitrogen and oxygen atoms in total. The smallest absolute Gasteiger partial charge is 0.0886 e. The summed E-state index contributed by atoms with van der Waals surface area (Å²) in [6.45, 7) is 3.17. The molecule has 3 aromatic rings. The van der Waals surface area contributed by atoms with Crippen molar-refractivity contribution >= 4 is 11.2 Å². The van der Waals surface area contributed by atoms with Crippen LogP contribution in [0.25, 0.3) is 16.6 Å². The second-order valence-electron chi connectivity index (χ2n) is 9.69. The molecule has 0 aromatic carbocycles. The van der Waals surface area contributed by atoms with Crippen LogP contribution in [-0.2, 0) is 11.8 Å². The van der Waals surface area contributed by atoms with Crippen molar-refractivity contribution < 1.29 is 4.74 Å². The zero-order chi connectivity index (χ0) is 20.9. The molecule has 164 valence electrons. The van der Waals surface area contributed by atoms with Gasteiger partial charge < -0.3 is 9.64 Å². The van der Waals surface area contributed by atoms with Crippen LogP contribution < -0.4 is 4.90 Å². The average Bonchev–Trinajstić information content (AvgIpc) is 3.42. The Hall–Kier alpha value is -2.38. The van der Waals surface area contributed by atoms with Crippen LogP contribution in [0.5, 0.6) is 0 Å². The quantitative estimate of drug-likeness (QED) is 0.613. The van der Waals surface area contributed by atoms with E-state index in [1.165, 1.54) is 48.9 Å². The highest BCUT2D eigenvalue weighted by atomic mass is 16.5. The highest BCUT2D eigenvalue weighted by Crippen LogP contribution is 2.43. The lowest BCUT2D eigenvalue weighted by Gasteiger charge is -2.51. The number of rotatable bonds is 6. The fraction of sp³-hybridized carbons (Fsp3) is 0.583. The zero-order valence-corrected chi connectivity index (χ0v) is 18.5. The number of piperazine rings is 1. The van der Waals surface area contributed by atoms with Gasteiger partial charge in [-0.2, -0.15) is 10.2 Å². The fourth-order valence-corrected chi connectivity index (χ4v) is 6.19. The van der Waals surface area contributed by atoms with E-state index in [4.69, 9.17) is 4.74 Å². The van der Waals surface area contributed by atoms with Gasteiger partial charge in [-0.1, -0.05) is 0 Å². The highest BCUT2D eigenvalue weighted by molar-refractivity contribution is 5.79. The molecule has 5 heterocycles. The molecule has 2 bridgehead atoms. The van der Waals surface area contributed by atoms with Crippen LogP contribution in [0.15, 0.2) is 36.9 Å². The monoisotopic (exact) mass is 420 g/mol. The first-order valence-electron chi connectivity index (χ1n) is 11.7. The molecule has 3 aromatic heterocycles. The van der Waals surface area contributed by atoms with Crippen LogP contribution in [0.1, 0.15) is 32.1 Å². The summed E-state index contributed by atoms with van der Waals surface area (Å²) >= 11 is 0. The van der Waals surface area contributed by atoms with Crippen LogP contribution in [0.4, 0.5) is 5.69 Å². The number of anilines is 1. The summed E-state index contributed by atoms with van der Waals surface area (Å²) in [7, 11) is 3.77. The maximum absolute atomic E-state index is 5.28. The topological polar surface area (TPSA) is 50.8 Å². The summed E-state index contributed by atoms with van der Waals surface area (Å²) in [5.41, 5.74) is 4.81. The Morgan fingerprint density at radius 1 is 1.03 bits per heavy atom. The lowest BCUT2D eigenvalue weighted by molar-refractivity contribution is 0.0175. The fourth-order valence-electron chi connectivity index (χ4n) is 6.19. The van der Waals surface area contributed by atoms with Crippen molar-refractivity contribution in [2.45, 2.75) is 50.2 Å². The van der Waals surface area contributed by atoms with Gasteiger partial charge in [0.2, 0.25) is 0 Å². The largest absolute Gasteiger partial charge is 0.385 e. The molecule has 0 radical (unpaired) electrons. The van der Waals surface area contributed by atoms with Crippen molar-refractivity contribution in [3.8, 4) is 11.1 Å². The average molecular weight is 421 g/mol. The van der Waals surface area contributed by atoms with Crippen LogP contribution >= 0.6 is 0 Å². The Kier molecular flexibility index (Phi) is 4.76. The minimum absolute atomic E-state index is 0.688. The van der Waals surface area contributed by atoms with E-state index in [1.807, 2.05) is 35.7 Å². The summed E-state index contributed by atoms with van der Waals surface area (Å²) in [4.78, 5) is 5.50. The van der Waals surface area contributed by atoms with E-state index < -0.39 is 0 Å². The SMILES string of the molecule is COCCC1CC(N2C3CCC2CN(c2ccnn4cc(-c5cnn(C)c5)cc24)C3)C1. The molecule has 2 unspecified atom stereocenters. The Morgan fingerprint density at radius 3 is 2.55 bits per heavy atom. The van der Waals surface area contributed by atoms with Crippen molar-refractivity contribution in [3.63, 3.8) is 0 Å². The Labute approximate surface area is 183 Å². The third-order valence-corrected chi connectivity index (χ3v) is 7.77. The van der Waals surface area contributed by atoms with Gasteiger partial charge in [0.15, 0.2) is 0 Å². The number of ether oxygens (including phenoxy) is 1. The van der Waals surface area contributed by atoms with Crippen LogP contribution in [0, 0.1) is 5.92 Å². The minimum atomic E-state index is 0.688. The third-order valence-electron chi connectivity index (χ3n) is 7.77. The first-order chi connectivity index (χ1) is 15.2. The van der Waals surface area contributed by atoms with E-state index in [1.54, 1.807) is 0 Å². The Morgan fingerprint density at radius 2 is 1.84 bits per heavy atom. The number of aromatic nitrogens is 4. The van der Waals surface area contributed by atoms with Gasteiger partial charge in [-0.25, -0.2) is 4.52 Å². The molecule has 2 aliphatic heterocycles. The molecule has 2 saturated heterocycles. The molecular formula is C24H32N6O. The summed E-state index contributed by atoms with van der Waals surface area (Å²) in [5.74, 6) is 0.869. The van der Waals surface area contributed by atoms with E-state index >= 15 is 0 Å². The molecular weight excluding hydrogens is 388 g/mol. The number of methoxy groups -OCH3 is 1. The molecule has 3 fully saturated rings. The van der Waals surface area contributed by atoms with Crippen molar-refractivity contribution in [3.05, 3.63) is 36.9 Å². The molecule has 1 saturated carbocycles. The summed E-state index contributed by atoms with van der Waals surface area (Å²) in [6.07, 6.45) is 14.7. The van der Waals surface area contributed by atoms with E-state index in [0.717, 1.165) is 37.2 Å². The Balaban J connectivity index is 1.21. The predicted molar refractivity (Wildman–Crippen MR) is 121 cm³/mol. The van der Waals surface area contributed by atoms with Gasteiger partial charge in [0.05, 0.1) is 17.4 Å². The molecule has 31 heavy (non-hydrogen) atoms. The number of hydrogen-bond acceptors (Lipinski definition) is 5.